The Morgan fingerprint density at radius 2 is 2.00 bits per heavy atom. The molecule has 0 radical (unpaired) electrons. The van der Waals surface area contributed by atoms with Crippen molar-refractivity contribution < 1.29 is 0 Å². The Labute approximate surface area is 67.3 Å². The minimum Gasteiger partial charge on any atom is -0.280 e. The molecule has 0 aromatic carbocycles. The molecule has 1 rings (SSSR count). The van der Waals surface area contributed by atoms with Gasteiger partial charge >= 0.3 is 0 Å². The minimum atomic E-state index is 0.470. The zero-order chi connectivity index (χ0) is 7.72. The number of aliphatic imine (C=N–C) groups is 1. The van der Waals surface area contributed by atoms with E-state index in [9.17, 15) is 0 Å². The average molecular weight is 157 g/mol. The third-order valence-corrected chi connectivity index (χ3v) is 3.28. The third-order valence-electron chi connectivity index (χ3n) is 1.79. The first-order valence-corrected chi connectivity index (χ1v) is 4.73. The van der Waals surface area contributed by atoms with Crippen LogP contribution in [0.5, 0.6) is 0 Å². The summed E-state index contributed by atoms with van der Waals surface area (Å²) in [5, 5.41) is 2.14. The fraction of sp³-hybridized carbons (Fsp3) is 0.875. The Kier molecular flexibility index (Phi) is 2.40. The molecule has 1 heterocycles. The van der Waals surface area contributed by atoms with Gasteiger partial charge in [-0.25, -0.2) is 0 Å². The van der Waals surface area contributed by atoms with Crippen LogP contribution in [0.3, 0.4) is 0 Å². The predicted octanol–water partition coefficient (Wildman–Crippen LogP) is 2.56. The molecule has 0 bridgehead atoms. The Hall–Kier alpha value is 0.0200. The topological polar surface area (TPSA) is 12.4 Å². The van der Waals surface area contributed by atoms with Crippen molar-refractivity contribution in [1.29, 1.82) is 0 Å². The summed E-state index contributed by atoms with van der Waals surface area (Å²) < 4.78 is 0. The van der Waals surface area contributed by atoms with Crippen LogP contribution in [0.15, 0.2) is 4.99 Å². The first-order chi connectivity index (χ1) is 4.61. The lowest BCUT2D eigenvalue weighted by Crippen LogP contribution is -2.31. The zero-order valence-corrected chi connectivity index (χ0v) is 7.90. The molecule has 1 fully saturated rings. The lowest BCUT2D eigenvalue weighted by molar-refractivity contribution is 0.724. The molecular formula is C8H15NS. The first kappa shape index (κ1) is 8.12. The molecule has 58 valence electrons. The van der Waals surface area contributed by atoms with Crippen molar-refractivity contribution in [2.24, 2.45) is 10.9 Å². The van der Waals surface area contributed by atoms with Crippen molar-refractivity contribution in [2.45, 2.75) is 39.0 Å². The van der Waals surface area contributed by atoms with Crippen LogP contribution in [0, 0.1) is 5.92 Å². The molecule has 0 aromatic heterocycles. The molecule has 0 aliphatic carbocycles. The molecule has 0 unspecified atom stereocenters. The summed E-state index contributed by atoms with van der Waals surface area (Å²) in [4.78, 5) is 4.49. The predicted molar refractivity (Wildman–Crippen MR) is 48.8 cm³/mol. The van der Waals surface area contributed by atoms with Crippen LogP contribution in [-0.4, -0.2) is 16.3 Å². The molecule has 2 heteroatoms. The van der Waals surface area contributed by atoms with Gasteiger partial charge in [0.25, 0.3) is 0 Å². The SMILES string of the molecule is CC(C)N=C1S[C@H](C)[C@H]1C. The summed E-state index contributed by atoms with van der Waals surface area (Å²) in [6, 6.07) is 0.470. The number of hydrogen-bond acceptors (Lipinski definition) is 2. The lowest BCUT2D eigenvalue weighted by Gasteiger charge is -2.32. The van der Waals surface area contributed by atoms with Gasteiger partial charge in [-0.05, 0) is 13.8 Å². The average Bonchev–Trinajstić information content (AvgIpc) is 1.86. The highest BCUT2D eigenvalue weighted by molar-refractivity contribution is 8.16. The smallest absolute Gasteiger partial charge is 0.0721 e. The van der Waals surface area contributed by atoms with E-state index in [1.807, 2.05) is 11.8 Å². The summed E-state index contributed by atoms with van der Waals surface area (Å²) >= 11 is 1.91. The summed E-state index contributed by atoms with van der Waals surface area (Å²) in [5.74, 6) is 0.715. The Balaban J connectivity index is 2.46. The Morgan fingerprint density at radius 3 is 2.30 bits per heavy atom. The van der Waals surface area contributed by atoms with E-state index in [4.69, 9.17) is 0 Å². The quantitative estimate of drug-likeness (QED) is 0.570. The van der Waals surface area contributed by atoms with Crippen LogP contribution >= 0.6 is 11.8 Å². The molecule has 1 aliphatic heterocycles. The molecule has 0 N–H and O–H groups in total. The number of thioether (sulfide) groups is 1. The monoisotopic (exact) mass is 157 g/mol. The van der Waals surface area contributed by atoms with Crippen molar-refractivity contribution in [2.75, 3.05) is 0 Å². The van der Waals surface area contributed by atoms with Gasteiger partial charge in [-0.2, -0.15) is 0 Å². The van der Waals surface area contributed by atoms with Gasteiger partial charge in [-0.15, -0.1) is 11.8 Å². The van der Waals surface area contributed by atoms with Crippen molar-refractivity contribution in [1.82, 2.24) is 0 Å². The molecule has 0 aromatic rings. The maximum atomic E-state index is 4.49. The first-order valence-electron chi connectivity index (χ1n) is 3.85. The van der Waals surface area contributed by atoms with Gasteiger partial charge in [0.1, 0.15) is 0 Å². The zero-order valence-electron chi connectivity index (χ0n) is 7.09. The van der Waals surface area contributed by atoms with Crippen LogP contribution in [-0.2, 0) is 0 Å². The largest absolute Gasteiger partial charge is 0.280 e. The summed E-state index contributed by atoms with van der Waals surface area (Å²) in [7, 11) is 0. The van der Waals surface area contributed by atoms with Gasteiger partial charge in [0.2, 0.25) is 0 Å². The number of hydrogen-bond donors (Lipinski definition) is 0. The van der Waals surface area contributed by atoms with E-state index in [0.29, 0.717) is 12.0 Å². The van der Waals surface area contributed by atoms with Crippen LogP contribution in [0.25, 0.3) is 0 Å². The van der Waals surface area contributed by atoms with Crippen molar-refractivity contribution in [3.63, 3.8) is 0 Å². The van der Waals surface area contributed by atoms with Crippen LogP contribution in [0.4, 0.5) is 0 Å². The summed E-state index contributed by atoms with van der Waals surface area (Å²) in [6.07, 6.45) is 0. The summed E-state index contributed by atoms with van der Waals surface area (Å²) in [6.45, 7) is 8.77. The summed E-state index contributed by atoms with van der Waals surface area (Å²) in [5.41, 5.74) is 0. The van der Waals surface area contributed by atoms with E-state index in [-0.39, 0.29) is 0 Å². The van der Waals surface area contributed by atoms with Gasteiger partial charge < -0.3 is 0 Å². The molecule has 1 saturated heterocycles. The van der Waals surface area contributed by atoms with Crippen molar-refractivity contribution in [3.05, 3.63) is 0 Å². The molecule has 0 spiro atoms. The molecular weight excluding hydrogens is 142 g/mol. The van der Waals surface area contributed by atoms with E-state index < -0.39 is 0 Å². The van der Waals surface area contributed by atoms with E-state index in [1.54, 1.807) is 0 Å². The number of rotatable bonds is 1. The van der Waals surface area contributed by atoms with Gasteiger partial charge in [-0.1, -0.05) is 13.8 Å². The van der Waals surface area contributed by atoms with E-state index in [0.717, 1.165) is 5.25 Å². The Morgan fingerprint density at radius 1 is 1.40 bits per heavy atom. The van der Waals surface area contributed by atoms with Gasteiger partial charge in [0, 0.05) is 17.2 Å². The van der Waals surface area contributed by atoms with E-state index in [1.165, 1.54) is 5.04 Å². The van der Waals surface area contributed by atoms with Gasteiger partial charge in [0.05, 0.1) is 5.04 Å². The number of nitrogens with zero attached hydrogens (tertiary/aromatic N) is 1. The van der Waals surface area contributed by atoms with Crippen molar-refractivity contribution >= 4 is 16.8 Å². The molecule has 1 aliphatic rings. The minimum absolute atomic E-state index is 0.470. The third kappa shape index (κ3) is 1.54. The molecule has 0 saturated carbocycles. The maximum Gasteiger partial charge on any atom is 0.0721 e. The van der Waals surface area contributed by atoms with Crippen LogP contribution in [0.1, 0.15) is 27.7 Å². The Bertz CT molecular complexity index is 151. The molecule has 10 heavy (non-hydrogen) atoms. The maximum absolute atomic E-state index is 4.49. The second kappa shape index (κ2) is 2.95. The second-order valence-electron chi connectivity index (χ2n) is 3.17. The molecule has 0 amide bonds. The highest BCUT2D eigenvalue weighted by Gasteiger charge is 2.30. The molecule has 2 atom stereocenters. The highest BCUT2D eigenvalue weighted by Crippen LogP contribution is 2.37. The highest BCUT2D eigenvalue weighted by atomic mass is 32.2. The fourth-order valence-corrected chi connectivity index (χ4v) is 2.11. The van der Waals surface area contributed by atoms with Crippen LogP contribution in [0.2, 0.25) is 0 Å². The fourth-order valence-electron chi connectivity index (χ4n) is 0.931. The van der Waals surface area contributed by atoms with Crippen LogP contribution < -0.4 is 0 Å². The van der Waals surface area contributed by atoms with E-state index >= 15 is 0 Å². The van der Waals surface area contributed by atoms with E-state index in [2.05, 4.69) is 32.7 Å². The normalized spacial score (nSPS) is 36.7. The molecule has 1 nitrogen and oxygen atoms in total. The van der Waals surface area contributed by atoms with Gasteiger partial charge in [-0.3, -0.25) is 4.99 Å². The van der Waals surface area contributed by atoms with Gasteiger partial charge in [0.15, 0.2) is 0 Å². The van der Waals surface area contributed by atoms with Crippen molar-refractivity contribution in [3.8, 4) is 0 Å². The lowest BCUT2D eigenvalue weighted by atomic mass is 10.1. The second-order valence-corrected chi connectivity index (χ2v) is 4.57. The standard InChI is InChI=1S/C8H15NS/c1-5(2)9-8-6(3)7(4)10-8/h5-7H,1-4H3/t6-,7-/m1/s1.